The second kappa shape index (κ2) is 5.36. The highest BCUT2D eigenvalue weighted by molar-refractivity contribution is 7.18. The van der Waals surface area contributed by atoms with Crippen molar-refractivity contribution in [2.24, 2.45) is 0 Å². The Morgan fingerprint density at radius 3 is 2.89 bits per heavy atom. The standard InChI is InChI=1S/C14H17N3S/c1-5-7-11(6-2)17-13-12-9(3)10(4)18-14(12)16-8-15-13/h1,8,11H,6-7H2,2-4H3,(H,15,16,17). The van der Waals surface area contributed by atoms with E-state index in [1.165, 1.54) is 10.4 Å². The van der Waals surface area contributed by atoms with E-state index in [-0.39, 0.29) is 6.04 Å². The number of thiophene rings is 1. The summed E-state index contributed by atoms with van der Waals surface area (Å²) in [5.74, 6) is 3.61. The lowest BCUT2D eigenvalue weighted by atomic mass is 10.1. The van der Waals surface area contributed by atoms with E-state index in [1.54, 1.807) is 17.7 Å². The fraction of sp³-hybridized carbons (Fsp3) is 0.429. The third-order valence-electron chi connectivity index (χ3n) is 3.16. The fourth-order valence-corrected chi connectivity index (χ4v) is 2.92. The van der Waals surface area contributed by atoms with Crippen LogP contribution in [0.2, 0.25) is 0 Å². The van der Waals surface area contributed by atoms with Crippen LogP contribution >= 0.6 is 11.3 Å². The molecule has 0 spiro atoms. The molecule has 2 heterocycles. The van der Waals surface area contributed by atoms with Gasteiger partial charge in [0.05, 0.1) is 5.39 Å². The summed E-state index contributed by atoms with van der Waals surface area (Å²) >= 11 is 1.71. The Hall–Kier alpha value is -1.60. The first-order valence-electron chi connectivity index (χ1n) is 6.08. The van der Waals surface area contributed by atoms with Crippen LogP contribution in [0.15, 0.2) is 6.33 Å². The van der Waals surface area contributed by atoms with Crippen molar-refractivity contribution in [3.8, 4) is 12.3 Å². The molecule has 94 valence electrons. The molecule has 3 nitrogen and oxygen atoms in total. The molecule has 18 heavy (non-hydrogen) atoms. The first kappa shape index (κ1) is 12.8. The Balaban J connectivity index is 2.42. The van der Waals surface area contributed by atoms with Crippen LogP contribution < -0.4 is 5.32 Å². The van der Waals surface area contributed by atoms with Gasteiger partial charge in [0.25, 0.3) is 0 Å². The Morgan fingerprint density at radius 2 is 2.22 bits per heavy atom. The third kappa shape index (κ3) is 2.32. The molecule has 0 saturated heterocycles. The maximum absolute atomic E-state index is 5.38. The summed E-state index contributed by atoms with van der Waals surface area (Å²) in [6.45, 7) is 6.36. The molecule has 0 aliphatic carbocycles. The monoisotopic (exact) mass is 259 g/mol. The first-order valence-corrected chi connectivity index (χ1v) is 6.89. The summed E-state index contributed by atoms with van der Waals surface area (Å²) < 4.78 is 0. The van der Waals surface area contributed by atoms with Crippen LogP contribution in [0, 0.1) is 26.2 Å². The smallest absolute Gasteiger partial charge is 0.138 e. The van der Waals surface area contributed by atoms with Gasteiger partial charge in [-0.3, -0.25) is 0 Å². The van der Waals surface area contributed by atoms with Crippen molar-refractivity contribution in [3.05, 3.63) is 16.8 Å². The summed E-state index contributed by atoms with van der Waals surface area (Å²) in [5.41, 5.74) is 1.26. The second-order valence-corrected chi connectivity index (χ2v) is 5.55. The fourth-order valence-electron chi connectivity index (χ4n) is 1.92. The van der Waals surface area contributed by atoms with Crippen molar-refractivity contribution in [2.45, 2.75) is 39.7 Å². The third-order valence-corrected chi connectivity index (χ3v) is 4.28. The molecule has 2 rings (SSSR count). The molecular weight excluding hydrogens is 242 g/mol. The molecular formula is C14H17N3S. The van der Waals surface area contributed by atoms with Crippen LogP contribution in [0.25, 0.3) is 10.2 Å². The molecule has 1 atom stereocenters. The molecule has 4 heteroatoms. The maximum Gasteiger partial charge on any atom is 0.138 e. The lowest BCUT2D eigenvalue weighted by molar-refractivity contribution is 0.712. The minimum Gasteiger partial charge on any atom is -0.366 e. The summed E-state index contributed by atoms with van der Waals surface area (Å²) in [5, 5.41) is 4.57. The minimum atomic E-state index is 0.271. The molecule has 0 aliphatic heterocycles. The summed E-state index contributed by atoms with van der Waals surface area (Å²) in [4.78, 5) is 11.0. The van der Waals surface area contributed by atoms with E-state index < -0.39 is 0 Å². The molecule has 1 N–H and O–H groups in total. The molecule has 0 amide bonds. The van der Waals surface area contributed by atoms with Crippen LogP contribution in [0.5, 0.6) is 0 Å². The molecule has 2 aromatic heterocycles. The van der Waals surface area contributed by atoms with Crippen LogP contribution in [0.3, 0.4) is 0 Å². The van der Waals surface area contributed by atoms with Gasteiger partial charge in [-0.15, -0.1) is 23.7 Å². The Labute approximate surface area is 112 Å². The quantitative estimate of drug-likeness (QED) is 0.854. The molecule has 0 aliphatic rings. The average molecular weight is 259 g/mol. The van der Waals surface area contributed by atoms with Gasteiger partial charge in [0.1, 0.15) is 17.0 Å². The zero-order valence-corrected chi connectivity index (χ0v) is 11.8. The number of rotatable bonds is 4. The molecule has 1 unspecified atom stereocenters. The van der Waals surface area contributed by atoms with Gasteiger partial charge < -0.3 is 5.32 Å². The van der Waals surface area contributed by atoms with E-state index in [4.69, 9.17) is 6.42 Å². The number of anilines is 1. The molecule has 0 saturated carbocycles. The van der Waals surface area contributed by atoms with Gasteiger partial charge in [0.15, 0.2) is 0 Å². The van der Waals surface area contributed by atoms with Gasteiger partial charge in [0, 0.05) is 17.3 Å². The van der Waals surface area contributed by atoms with Crippen molar-refractivity contribution >= 4 is 27.4 Å². The van der Waals surface area contributed by atoms with Crippen molar-refractivity contribution in [1.29, 1.82) is 0 Å². The summed E-state index contributed by atoms with van der Waals surface area (Å²) in [6, 6.07) is 0.271. The van der Waals surface area contributed by atoms with E-state index in [0.29, 0.717) is 6.42 Å². The zero-order chi connectivity index (χ0) is 13.1. The van der Waals surface area contributed by atoms with Crippen LogP contribution in [-0.2, 0) is 0 Å². The Bertz CT molecular complexity index is 595. The van der Waals surface area contributed by atoms with E-state index >= 15 is 0 Å². The van der Waals surface area contributed by atoms with Gasteiger partial charge in [-0.1, -0.05) is 6.92 Å². The largest absolute Gasteiger partial charge is 0.366 e. The SMILES string of the molecule is C#CCC(CC)Nc1ncnc2sc(C)c(C)c12. The van der Waals surface area contributed by atoms with Crippen LogP contribution in [0.1, 0.15) is 30.2 Å². The van der Waals surface area contributed by atoms with Crippen molar-refractivity contribution in [2.75, 3.05) is 5.32 Å². The number of fused-ring (bicyclic) bond motifs is 1. The Morgan fingerprint density at radius 1 is 1.44 bits per heavy atom. The molecule has 0 radical (unpaired) electrons. The van der Waals surface area contributed by atoms with Crippen molar-refractivity contribution < 1.29 is 0 Å². The first-order chi connectivity index (χ1) is 8.67. The van der Waals surface area contributed by atoms with E-state index in [2.05, 4.69) is 42.0 Å². The number of aromatic nitrogens is 2. The lowest BCUT2D eigenvalue weighted by Crippen LogP contribution is -2.18. The van der Waals surface area contributed by atoms with Crippen molar-refractivity contribution in [1.82, 2.24) is 9.97 Å². The van der Waals surface area contributed by atoms with Crippen LogP contribution in [0.4, 0.5) is 5.82 Å². The topological polar surface area (TPSA) is 37.8 Å². The van der Waals surface area contributed by atoms with Gasteiger partial charge in [-0.25, -0.2) is 9.97 Å². The highest BCUT2D eigenvalue weighted by Crippen LogP contribution is 2.32. The highest BCUT2D eigenvalue weighted by atomic mass is 32.1. The minimum absolute atomic E-state index is 0.271. The lowest BCUT2D eigenvalue weighted by Gasteiger charge is -2.15. The predicted octanol–water partition coefficient (Wildman–Crippen LogP) is 3.52. The molecule has 2 aromatic rings. The Kier molecular flexibility index (Phi) is 3.83. The van der Waals surface area contributed by atoms with Gasteiger partial charge >= 0.3 is 0 Å². The predicted molar refractivity (Wildman–Crippen MR) is 78.0 cm³/mol. The second-order valence-electron chi connectivity index (χ2n) is 4.34. The highest BCUT2D eigenvalue weighted by Gasteiger charge is 2.14. The van der Waals surface area contributed by atoms with Gasteiger partial charge in [-0.2, -0.15) is 0 Å². The summed E-state index contributed by atoms with van der Waals surface area (Å²) in [7, 11) is 0. The molecule has 0 fully saturated rings. The van der Waals surface area contributed by atoms with E-state index in [0.717, 1.165) is 22.5 Å². The average Bonchev–Trinajstić information content (AvgIpc) is 2.65. The summed E-state index contributed by atoms with van der Waals surface area (Å²) in [6.07, 6.45) is 8.69. The molecule has 0 bridgehead atoms. The number of aryl methyl sites for hydroxylation is 2. The zero-order valence-electron chi connectivity index (χ0n) is 10.9. The number of nitrogens with zero attached hydrogens (tertiary/aromatic N) is 2. The number of hydrogen-bond donors (Lipinski definition) is 1. The maximum atomic E-state index is 5.38. The number of nitrogens with one attached hydrogen (secondary N) is 1. The van der Waals surface area contributed by atoms with Gasteiger partial charge in [0.2, 0.25) is 0 Å². The van der Waals surface area contributed by atoms with E-state index in [1.807, 2.05) is 0 Å². The van der Waals surface area contributed by atoms with Gasteiger partial charge in [-0.05, 0) is 25.8 Å². The normalized spacial score (nSPS) is 12.3. The molecule has 0 aromatic carbocycles. The number of terminal acetylenes is 1. The van der Waals surface area contributed by atoms with Crippen molar-refractivity contribution in [3.63, 3.8) is 0 Å². The van der Waals surface area contributed by atoms with E-state index in [9.17, 15) is 0 Å². The number of hydrogen-bond acceptors (Lipinski definition) is 4. The van der Waals surface area contributed by atoms with Crippen LogP contribution in [-0.4, -0.2) is 16.0 Å².